The standard InChI is InChI=1S/C24H27F3N4O4/c1-35-21-3-2-15(10-28-21)24(34)6-4-17(5-7-24)31-12-16(13-31)30-20(32)11-29-23(33)14-8-18(25)22(27)19(26)9-14/h2-3,8-10,16-17,34H,4-7,11-13H2,1H3,(H,29,33)(H,30,32). The largest absolute Gasteiger partial charge is 0.481 e. The molecule has 2 heterocycles. The number of carbonyl (C=O) groups is 2. The quantitative estimate of drug-likeness (QED) is 0.510. The van der Waals surface area contributed by atoms with E-state index >= 15 is 0 Å². The first-order chi connectivity index (χ1) is 16.7. The highest BCUT2D eigenvalue weighted by molar-refractivity contribution is 5.96. The van der Waals surface area contributed by atoms with E-state index < -0.39 is 40.4 Å². The van der Waals surface area contributed by atoms with Gasteiger partial charge in [0.15, 0.2) is 17.5 Å². The normalized spacial score (nSPS) is 22.8. The van der Waals surface area contributed by atoms with Crippen molar-refractivity contribution in [2.24, 2.45) is 0 Å². The van der Waals surface area contributed by atoms with Gasteiger partial charge in [-0.15, -0.1) is 0 Å². The van der Waals surface area contributed by atoms with Crippen LogP contribution in [0.1, 0.15) is 41.6 Å². The van der Waals surface area contributed by atoms with Crippen molar-refractivity contribution >= 4 is 11.8 Å². The summed E-state index contributed by atoms with van der Waals surface area (Å²) in [7, 11) is 1.54. The number of benzene rings is 1. The maximum absolute atomic E-state index is 13.3. The van der Waals surface area contributed by atoms with Gasteiger partial charge in [-0.25, -0.2) is 18.2 Å². The van der Waals surface area contributed by atoms with E-state index in [1.165, 1.54) is 0 Å². The van der Waals surface area contributed by atoms with Gasteiger partial charge in [-0.1, -0.05) is 0 Å². The molecule has 3 N–H and O–H groups in total. The molecule has 1 aliphatic carbocycles. The van der Waals surface area contributed by atoms with Gasteiger partial charge in [0.25, 0.3) is 5.91 Å². The van der Waals surface area contributed by atoms with Gasteiger partial charge in [0.2, 0.25) is 11.8 Å². The number of pyridine rings is 1. The van der Waals surface area contributed by atoms with Crippen LogP contribution in [-0.2, 0) is 10.4 Å². The summed E-state index contributed by atoms with van der Waals surface area (Å²) in [5.74, 6) is -5.43. The third-order valence-corrected chi connectivity index (χ3v) is 6.71. The van der Waals surface area contributed by atoms with Crippen molar-refractivity contribution in [2.45, 2.75) is 43.4 Å². The monoisotopic (exact) mass is 492 g/mol. The minimum Gasteiger partial charge on any atom is -0.481 e. The van der Waals surface area contributed by atoms with E-state index in [9.17, 15) is 27.9 Å². The van der Waals surface area contributed by atoms with Gasteiger partial charge in [0, 0.05) is 42.5 Å². The summed E-state index contributed by atoms with van der Waals surface area (Å²) >= 11 is 0. The molecular formula is C24H27F3N4O4. The number of hydrogen-bond acceptors (Lipinski definition) is 6. The molecule has 35 heavy (non-hydrogen) atoms. The summed E-state index contributed by atoms with van der Waals surface area (Å²) < 4.78 is 44.6. The minimum absolute atomic E-state index is 0.0771. The maximum atomic E-state index is 13.3. The number of ether oxygens (including phenoxy) is 1. The molecule has 1 aromatic heterocycles. The van der Waals surface area contributed by atoms with Crippen LogP contribution in [0, 0.1) is 17.5 Å². The number of amides is 2. The van der Waals surface area contributed by atoms with E-state index in [-0.39, 0.29) is 12.6 Å². The fourth-order valence-corrected chi connectivity index (χ4v) is 4.64. The second-order valence-electron chi connectivity index (χ2n) is 9.01. The van der Waals surface area contributed by atoms with Crippen molar-refractivity contribution in [3.05, 3.63) is 59.0 Å². The number of carbonyl (C=O) groups excluding carboxylic acids is 2. The first kappa shape index (κ1) is 24.9. The van der Waals surface area contributed by atoms with Crippen LogP contribution < -0.4 is 15.4 Å². The second-order valence-corrected chi connectivity index (χ2v) is 9.01. The summed E-state index contributed by atoms with van der Waals surface area (Å²) in [6, 6.07) is 4.95. The van der Waals surface area contributed by atoms with Crippen molar-refractivity contribution < 1.29 is 32.6 Å². The Morgan fingerprint density at radius 2 is 1.83 bits per heavy atom. The molecule has 1 saturated carbocycles. The zero-order chi connectivity index (χ0) is 25.2. The lowest BCUT2D eigenvalue weighted by molar-refractivity contribution is -0.122. The molecule has 2 amide bonds. The smallest absolute Gasteiger partial charge is 0.251 e. The molecule has 0 unspecified atom stereocenters. The number of rotatable bonds is 7. The van der Waals surface area contributed by atoms with Gasteiger partial charge in [0.1, 0.15) is 0 Å². The molecule has 4 rings (SSSR count). The Kier molecular flexibility index (Phi) is 7.27. The summed E-state index contributed by atoms with van der Waals surface area (Å²) in [6.45, 7) is 0.935. The number of aromatic nitrogens is 1. The fourth-order valence-electron chi connectivity index (χ4n) is 4.64. The number of likely N-dealkylation sites (tertiary alicyclic amines) is 1. The predicted molar refractivity (Wildman–Crippen MR) is 119 cm³/mol. The number of nitrogens with one attached hydrogen (secondary N) is 2. The van der Waals surface area contributed by atoms with Gasteiger partial charge in [-0.2, -0.15) is 0 Å². The molecule has 11 heteroatoms. The minimum atomic E-state index is -1.66. The SMILES string of the molecule is COc1ccc(C2(O)CCC(N3CC(NC(=O)CNC(=O)c4cc(F)c(F)c(F)c4)C3)CC2)cn1. The van der Waals surface area contributed by atoms with Gasteiger partial charge >= 0.3 is 0 Å². The highest BCUT2D eigenvalue weighted by Gasteiger charge is 2.40. The first-order valence-corrected chi connectivity index (χ1v) is 11.4. The lowest BCUT2D eigenvalue weighted by Gasteiger charge is -2.48. The predicted octanol–water partition coefficient (Wildman–Crippen LogP) is 1.87. The molecule has 0 radical (unpaired) electrons. The molecule has 8 nitrogen and oxygen atoms in total. The van der Waals surface area contributed by atoms with E-state index in [4.69, 9.17) is 4.74 Å². The highest BCUT2D eigenvalue weighted by Crippen LogP contribution is 2.39. The van der Waals surface area contributed by atoms with Gasteiger partial charge in [0.05, 0.1) is 25.3 Å². The van der Waals surface area contributed by atoms with Crippen LogP contribution in [0.25, 0.3) is 0 Å². The fraction of sp³-hybridized carbons (Fsp3) is 0.458. The summed E-state index contributed by atoms with van der Waals surface area (Å²) in [4.78, 5) is 30.6. The number of hydrogen-bond donors (Lipinski definition) is 3. The van der Waals surface area contributed by atoms with Crippen LogP contribution in [0.2, 0.25) is 0 Å². The third kappa shape index (κ3) is 5.57. The lowest BCUT2D eigenvalue weighted by Crippen LogP contribution is -2.63. The molecular weight excluding hydrogens is 465 g/mol. The van der Waals surface area contributed by atoms with Crippen molar-refractivity contribution in [2.75, 3.05) is 26.7 Å². The zero-order valence-corrected chi connectivity index (χ0v) is 19.2. The molecule has 1 saturated heterocycles. The van der Waals surface area contributed by atoms with E-state index in [0.29, 0.717) is 50.0 Å². The number of nitrogens with zero attached hydrogens (tertiary/aromatic N) is 2. The summed E-state index contributed by atoms with van der Waals surface area (Å²) in [5.41, 5.74) is -0.548. The molecule has 0 bridgehead atoms. The highest BCUT2D eigenvalue weighted by atomic mass is 19.2. The molecule has 2 aromatic rings. The molecule has 2 fully saturated rings. The van der Waals surface area contributed by atoms with Crippen molar-refractivity contribution in [1.82, 2.24) is 20.5 Å². The Morgan fingerprint density at radius 1 is 1.17 bits per heavy atom. The Morgan fingerprint density at radius 3 is 2.40 bits per heavy atom. The Hall–Kier alpha value is -3.18. The van der Waals surface area contributed by atoms with Crippen molar-refractivity contribution in [3.63, 3.8) is 0 Å². The maximum Gasteiger partial charge on any atom is 0.251 e. The summed E-state index contributed by atoms with van der Waals surface area (Å²) in [6.07, 6.45) is 4.48. The summed E-state index contributed by atoms with van der Waals surface area (Å²) in [5, 5.41) is 16.1. The number of halogens is 3. The third-order valence-electron chi connectivity index (χ3n) is 6.71. The van der Waals surface area contributed by atoms with Crippen LogP contribution in [0.5, 0.6) is 5.88 Å². The lowest BCUT2D eigenvalue weighted by atomic mass is 9.77. The average Bonchev–Trinajstić information content (AvgIpc) is 2.83. The number of methoxy groups -OCH3 is 1. The van der Waals surface area contributed by atoms with Gasteiger partial charge in [-0.3, -0.25) is 14.5 Å². The Bertz CT molecular complexity index is 1060. The topological polar surface area (TPSA) is 104 Å². The first-order valence-electron chi connectivity index (χ1n) is 11.4. The van der Waals surface area contributed by atoms with E-state index in [1.807, 2.05) is 6.07 Å². The van der Waals surface area contributed by atoms with Crippen LogP contribution in [-0.4, -0.2) is 65.6 Å². The molecule has 0 spiro atoms. The van der Waals surface area contributed by atoms with Crippen LogP contribution >= 0.6 is 0 Å². The van der Waals surface area contributed by atoms with Gasteiger partial charge < -0.3 is 20.5 Å². The molecule has 1 aromatic carbocycles. The molecule has 0 atom stereocenters. The Labute approximate surface area is 200 Å². The van der Waals surface area contributed by atoms with Crippen LogP contribution in [0.3, 0.4) is 0 Å². The van der Waals surface area contributed by atoms with Crippen molar-refractivity contribution in [3.8, 4) is 5.88 Å². The van der Waals surface area contributed by atoms with E-state index in [1.54, 1.807) is 19.4 Å². The van der Waals surface area contributed by atoms with Crippen molar-refractivity contribution in [1.29, 1.82) is 0 Å². The van der Waals surface area contributed by atoms with E-state index in [0.717, 1.165) is 18.4 Å². The van der Waals surface area contributed by atoms with Crippen LogP contribution in [0.4, 0.5) is 13.2 Å². The Balaban J connectivity index is 1.18. The second kappa shape index (κ2) is 10.2. The molecule has 1 aliphatic heterocycles. The zero-order valence-electron chi connectivity index (χ0n) is 19.2. The van der Waals surface area contributed by atoms with Gasteiger partial charge in [-0.05, 0) is 43.9 Å². The molecule has 188 valence electrons. The van der Waals surface area contributed by atoms with Crippen LogP contribution in [0.15, 0.2) is 30.5 Å². The molecule has 2 aliphatic rings. The average molecular weight is 492 g/mol. The van der Waals surface area contributed by atoms with E-state index in [2.05, 4.69) is 20.5 Å². The number of aliphatic hydroxyl groups is 1.